The van der Waals surface area contributed by atoms with Gasteiger partial charge in [0.05, 0.1) is 12.3 Å². The molecule has 80 valence electrons. The maximum absolute atomic E-state index is 8.90. The Balaban J connectivity index is 2.76. The highest BCUT2D eigenvalue weighted by molar-refractivity contribution is 7.09. The first-order valence-electron chi connectivity index (χ1n) is 4.85. The molecule has 14 heavy (non-hydrogen) atoms. The first-order valence-corrected chi connectivity index (χ1v) is 5.73. The Morgan fingerprint density at radius 2 is 2.29 bits per heavy atom. The number of thiazole rings is 1. The van der Waals surface area contributed by atoms with Crippen LogP contribution >= 0.6 is 11.3 Å². The Bertz CT molecular complexity index is 273. The van der Waals surface area contributed by atoms with Gasteiger partial charge in [-0.1, -0.05) is 13.8 Å². The van der Waals surface area contributed by atoms with E-state index in [-0.39, 0.29) is 12.7 Å². The molecule has 0 aliphatic rings. The molecule has 0 aromatic carbocycles. The molecule has 0 saturated heterocycles. The Morgan fingerprint density at radius 3 is 2.71 bits per heavy atom. The molecule has 0 radical (unpaired) electrons. The maximum atomic E-state index is 8.90. The fourth-order valence-electron chi connectivity index (χ4n) is 1.25. The zero-order chi connectivity index (χ0) is 10.6. The fraction of sp³-hybridized carbons (Fsp3) is 0.700. The van der Waals surface area contributed by atoms with Crippen molar-refractivity contribution in [1.29, 1.82) is 0 Å². The van der Waals surface area contributed by atoms with Crippen LogP contribution in [-0.2, 0) is 11.3 Å². The average Bonchev–Trinajstić information content (AvgIpc) is 2.61. The number of aromatic nitrogens is 1. The van der Waals surface area contributed by atoms with Crippen molar-refractivity contribution >= 4 is 11.3 Å². The van der Waals surface area contributed by atoms with Crippen molar-refractivity contribution in [2.75, 3.05) is 6.61 Å². The van der Waals surface area contributed by atoms with Crippen LogP contribution in [-0.4, -0.2) is 16.7 Å². The number of ether oxygens (including phenoxy) is 1. The molecule has 0 amide bonds. The smallest absolute Gasteiger partial charge is 0.122 e. The van der Waals surface area contributed by atoms with Gasteiger partial charge in [-0.05, 0) is 12.8 Å². The molecule has 0 bridgehead atoms. The van der Waals surface area contributed by atoms with Gasteiger partial charge in [0.2, 0.25) is 0 Å². The third-order valence-corrected chi connectivity index (χ3v) is 2.88. The van der Waals surface area contributed by atoms with Crippen LogP contribution in [0.25, 0.3) is 0 Å². The Morgan fingerprint density at radius 1 is 1.57 bits per heavy atom. The summed E-state index contributed by atoms with van der Waals surface area (Å²) in [5.41, 5.74) is 0.732. The lowest BCUT2D eigenvalue weighted by Crippen LogP contribution is -2.10. The van der Waals surface area contributed by atoms with E-state index in [2.05, 4.69) is 18.8 Å². The summed E-state index contributed by atoms with van der Waals surface area (Å²) in [6, 6.07) is 0. The quantitative estimate of drug-likeness (QED) is 0.820. The van der Waals surface area contributed by atoms with Crippen molar-refractivity contribution in [2.45, 2.75) is 33.5 Å². The van der Waals surface area contributed by atoms with Crippen LogP contribution in [0.4, 0.5) is 0 Å². The highest BCUT2D eigenvalue weighted by Gasteiger charge is 2.19. The van der Waals surface area contributed by atoms with Gasteiger partial charge in [-0.3, -0.25) is 0 Å². The molecule has 1 aromatic heterocycles. The first-order chi connectivity index (χ1) is 6.69. The topological polar surface area (TPSA) is 42.4 Å². The standard InChI is InChI=1S/C10H17NO2S/c1-4-13-9(7(2)3)10-11-8(5-12)6-14-10/h6-7,9,12H,4-5H2,1-3H3. The summed E-state index contributed by atoms with van der Waals surface area (Å²) < 4.78 is 5.61. The summed E-state index contributed by atoms with van der Waals surface area (Å²) in [6.45, 7) is 6.90. The van der Waals surface area contributed by atoms with Crippen LogP contribution in [0.15, 0.2) is 5.38 Å². The SMILES string of the molecule is CCOC(c1nc(CO)cs1)C(C)C. The van der Waals surface area contributed by atoms with Crippen molar-refractivity contribution in [3.63, 3.8) is 0 Å². The number of aliphatic hydroxyl groups is 1. The van der Waals surface area contributed by atoms with E-state index in [0.717, 1.165) is 10.7 Å². The monoisotopic (exact) mass is 215 g/mol. The third-order valence-electron chi connectivity index (χ3n) is 1.93. The summed E-state index contributed by atoms with van der Waals surface area (Å²) in [7, 11) is 0. The molecule has 1 atom stereocenters. The third kappa shape index (κ3) is 2.77. The van der Waals surface area contributed by atoms with E-state index < -0.39 is 0 Å². The molecule has 1 N–H and O–H groups in total. The Kier molecular flexibility index (Phi) is 4.51. The molecular formula is C10H17NO2S. The van der Waals surface area contributed by atoms with E-state index in [9.17, 15) is 0 Å². The maximum Gasteiger partial charge on any atom is 0.122 e. The molecule has 1 aromatic rings. The molecule has 0 saturated carbocycles. The summed E-state index contributed by atoms with van der Waals surface area (Å²) >= 11 is 1.55. The second kappa shape index (κ2) is 5.44. The summed E-state index contributed by atoms with van der Waals surface area (Å²) in [5, 5.41) is 11.7. The van der Waals surface area contributed by atoms with Crippen molar-refractivity contribution in [2.24, 2.45) is 5.92 Å². The van der Waals surface area contributed by atoms with Gasteiger partial charge in [0, 0.05) is 12.0 Å². The van der Waals surface area contributed by atoms with Gasteiger partial charge in [-0.2, -0.15) is 0 Å². The molecule has 1 heterocycles. The normalized spacial score (nSPS) is 13.5. The van der Waals surface area contributed by atoms with Crippen LogP contribution < -0.4 is 0 Å². The lowest BCUT2D eigenvalue weighted by atomic mass is 10.1. The van der Waals surface area contributed by atoms with E-state index in [1.165, 1.54) is 0 Å². The molecule has 0 aliphatic carbocycles. The minimum absolute atomic E-state index is 0.00738. The van der Waals surface area contributed by atoms with Crippen LogP contribution in [0, 0.1) is 5.92 Å². The fourth-order valence-corrected chi connectivity index (χ4v) is 2.28. The Labute approximate surface area is 88.8 Å². The van der Waals surface area contributed by atoms with Gasteiger partial charge in [-0.15, -0.1) is 11.3 Å². The minimum atomic E-state index is 0.00738. The largest absolute Gasteiger partial charge is 0.390 e. The first kappa shape index (κ1) is 11.6. The van der Waals surface area contributed by atoms with Gasteiger partial charge < -0.3 is 9.84 Å². The van der Waals surface area contributed by atoms with Crippen molar-refractivity contribution < 1.29 is 9.84 Å². The van der Waals surface area contributed by atoms with E-state index in [0.29, 0.717) is 12.5 Å². The van der Waals surface area contributed by atoms with Crippen LogP contribution in [0.5, 0.6) is 0 Å². The van der Waals surface area contributed by atoms with Crippen LogP contribution in [0.2, 0.25) is 0 Å². The highest BCUT2D eigenvalue weighted by atomic mass is 32.1. The molecule has 4 heteroatoms. The summed E-state index contributed by atoms with van der Waals surface area (Å²) in [5.74, 6) is 0.410. The second-order valence-corrected chi connectivity index (χ2v) is 4.34. The molecule has 3 nitrogen and oxygen atoms in total. The zero-order valence-corrected chi connectivity index (χ0v) is 9.67. The second-order valence-electron chi connectivity index (χ2n) is 3.46. The van der Waals surface area contributed by atoms with Crippen molar-refractivity contribution in [3.8, 4) is 0 Å². The highest BCUT2D eigenvalue weighted by Crippen LogP contribution is 2.28. The van der Waals surface area contributed by atoms with E-state index >= 15 is 0 Å². The average molecular weight is 215 g/mol. The predicted molar refractivity (Wildman–Crippen MR) is 57.2 cm³/mol. The predicted octanol–water partition coefficient (Wildman–Crippen LogP) is 2.37. The van der Waals surface area contributed by atoms with Gasteiger partial charge >= 0.3 is 0 Å². The summed E-state index contributed by atoms with van der Waals surface area (Å²) in [4.78, 5) is 4.31. The number of hydrogen-bond acceptors (Lipinski definition) is 4. The lowest BCUT2D eigenvalue weighted by Gasteiger charge is -2.17. The van der Waals surface area contributed by atoms with Crippen LogP contribution in [0.1, 0.15) is 37.6 Å². The molecular weight excluding hydrogens is 198 g/mol. The Hall–Kier alpha value is -0.450. The minimum Gasteiger partial charge on any atom is -0.390 e. The van der Waals surface area contributed by atoms with Crippen molar-refractivity contribution in [3.05, 3.63) is 16.1 Å². The van der Waals surface area contributed by atoms with Gasteiger partial charge in [-0.25, -0.2) is 4.98 Å². The van der Waals surface area contributed by atoms with E-state index in [4.69, 9.17) is 9.84 Å². The van der Waals surface area contributed by atoms with Gasteiger partial charge in [0.15, 0.2) is 0 Å². The molecule has 0 spiro atoms. The van der Waals surface area contributed by atoms with Crippen molar-refractivity contribution in [1.82, 2.24) is 4.98 Å². The van der Waals surface area contributed by atoms with E-state index in [1.807, 2.05) is 12.3 Å². The zero-order valence-electron chi connectivity index (χ0n) is 8.86. The molecule has 0 fully saturated rings. The lowest BCUT2D eigenvalue weighted by molar-refractivity contribution is 0.0291. The van der Waals surface area contributed by atoms with E-state index in [1.54, 1.807) is 11.3 Å². The van der Waals surface area contributed by atoms with Crippen LogP contribution in [0.3, 0.4) is 0 Å². The number of rotatable bonds is 5. The molecule has 1 unspecified atom stereocenters. The van der Waals surface area contributed by atoms with Gasteiger partial charge in [0.1, 0.15) is 11.1 Å². The van der Waals surface area contributed by atoms with Gasteiger partial charge in [0.25, 0.3) is 0 Å². The molecule has 0 aliphatic heterocycles. The number of nitrogens with zero attached hydrogens (tertiary/aromatic N) is 1. The number of aliphatic hydroxyl groups excluding tert-OH is 1. The molecule has 1 rings (SSSR count). The summed E-state index contributed by atoms with van der Waals surface area (Å²) in [6.07, 6.45) is 0.0605. The number of hydrogen-bond donors (Lipinski definition) is 1.